The molecule has 29 heavy (non-hydrogen) atoms. The van der Waals surface area contributed by atoms with Crippen molar-refractivity contribution in [2.45, 2.75) is 0 Å². The molecule has 0 aliphatic heterocycles. The number of methoxy groups -OCH3 is 2. The first-order valence-corrected chi connectivity index (χ1v) is 8.83. The summed E-state index contributed by atoms with van der Waals surface area (Å²) in [6, 6.07) is 23.7. The quantitative estimate of drug-likeness (QED) is 0.487. The van der Waals surface area contributed by atoms with Crippen molar-refractivity contribution in [1.82, 2.24) is 0 Å². The Kier molecular flexibility index (Phi) is 8.20. The predicted molar refractivity (Wildman–Crippen MR) is 113 cm³/mol. The number of rotatable bonds is 6. The number of aliphatic carboxylic acids is 1. The second kappa shape index (κ2) is 11.1. The number of carboxylic acid groups (broad SMARTS) is 1. The molecule has 0 bridgehead atoms. The standard InChI is InChI=1S/C14H12O2.C10H10O3/c1-16-13-10-6-5-9-12(13)14(15)11-7-3-2-4-8-11;1-13-9-5-3-2-4-8(9)6-7-10(11)12/h2-10H,1H3;2-7H,1H3,(H,11,12). The summed E-state index contributed by atoms with van der Waals surface area (Å²) in [4.78, 5) is 22.4. The lowest BCUT2D eigenvalue weighted by atomic mass is 10.0. The highest BCUT2D eigenvalue weighted by molar-refractivity contribution is 6.10. The largest absolute Gasteiger partial charge is 0.496 e. The summed E-state index contributed by atoms with van der Waals surface area (Å²) in [6.07, 6.45) is 2.58. The summed E-state index contributed by atoms with van der Waals surface area (Å²) in [7, 11) is 3.12. The van der Waals surface area contributed by atoms with Crippen LogP contribution >= 0.6 is 0 Å². The molecule has 0 radical (unpaired) electrons. The van der Waals surface area contributed by atoms with Gasteiger partial charge >= 0.3 is 5.97 Å². The van der Waals surface area contributed by atoms with Crippen molar-refractivity contribution >= 4 is 17.8 Å². The molecule has 3 aromatic carbocycles. The average Bonchev–Trinajstić information content (AvgIpc) is 2.78. The van der Waals surface area contributed by atoms with Crippen LogP contribution < -0.4 is 9.47 Å². The topological polar surface area (TPSA) is 72.8 Å². The Labute approximate surface area is 169 Å². The molecule has 5 heteroatoms. The third kappa shape index (κ3) is 6.36. The Hall–Kier alpha value is -3.86. The van der Waals surface area contributed by atoms with Crippen LogP contribution in [0.15, 0.2) is 84.9 Å². The van der Waals surface area contributed by atoms with Gasteiger partial charge in [0.1, 0.15) is 11.5 Å². The number of ether oxygens (including phenoxy) is 2. The molecular formula is C24H22O5. The molecular weight excluding hydrogens is 368 g/mol. The van der Waals surface area contributed by atoms with Gasteiger partial charge in [0.2, 0.25) is 0 Å². The zero-order chi connectivity index (χ0) is 21.1. The lowest BCUT2D eigenvalue weighted by Crippen LogP contribution is -2.03. The van der Waals surface area contributed by atoms with Crippen molar-refractivity contribution in [3.63, 3.8) is 0 Å². The van der Waals surface area contributed by atoms with E-state index in [2.05, 4.69) is 0 Å². The first-order valence-electron chi connectivity index (χ1n) is 8.83. The maximum absolute atomic E-state index is 12.1. The number of hydrogen-bond acceptors (Lipinski definition) is 4. The summed E-state index contributed by atoms with van der Waals surface area (Å²) >= 11 is 0. The molecule has 0 unspecified atom stereocenters. The number of benzene rings is 3. The van der Waals surface area contributed by atoms with Crippen LogP contribution in [-0.2, 0) is 4.79 Å². The Morgan fingerprint density at radius 2 is 1.31 bits per heavy atom. The molecule has 0 saturated carbocycles. The summed E-state index contributed by atoms with van der Waals surface area (Å²) in [5.41, 5.74) is 2.02. The van der Waals surface area contributed by atoms with E-state index in [0.29, 0.717) is 22.6 Å². The van der Waals surface area contributed by atoms with Crippen molar-refractivity contribution < 1.29 is 24.2 Å². The van der Waals surface area contributed by atoms with Gasteiger partial charge in [0.25, 0.3) is 0 Å². The Morgan fingerprint density at radius 3 is 1.93 bits per heavy atom. The fourth-order valence-corrected chi connectivity index (χ4v) is 2.54. The molecule has 0 amide bonds. The number of carbonyl (C=O) groups is 2. The molecule has 148 valence electrons. The molecule has 0 heterocycles. The van der Waals surface area contributed by atoms with E-state index in [-0.39, 0.29) is 5.78 Å². The van der Waals surface area contributed by atoms with E-state index < -0.39 is 5.97 Å². The van der Waals surface area contributed by atoms with Crippen LogP contribution in [0.1, 0.15) is 21.5 Å². The van der Waals surface area contributed by atoms with Crippen LogP contribution in [0.2, 0.25) is 0 Å². The Balaban J connectivity index is 0.000000212. The minimum Gasteiger partial charge on any atom is -0.496 e. The van der Waals surface area contributed by atoms with Crippen LogP contribution in [0.25, 0.3) is 6.08 Å². The van der Waals surface area contributed by atoms with Crippen LogP contribution in [0.3, 0.4) is 0 Å². The van der Waals surface area contributed by atoms with Crippen molar-refractivity contribution in [3.05, 3.63) is 102 Å². The molecule has 0 fully saturated rings. The number of para-hydroxylation sites is 2. The van der Waals surface area contributed by atoms with E-state index in [4.69, 9.17) is 14.6 Å². The highest BCUT2D eigenvalue weighted by Gasteiger charge is 2.12. The van der Waals surface area contributed by atoms with Gasteiger partial charge in [-0.05, 0) is 24.3 Å². The van der Waals surface area contributed by atoms with Gasteiger partial charge in [0, 0.05) is 17.2 Å². The predicted octanol–water partition coefficient (Wildman–Crippen LogP) is 4.72. The average molecular weight is 390 g/mol. The fourth-order valence-electron chi connectivity index (χ4n) is 2.54. The molecule has 0 spiro atoms. The molecule has 3 aromatic rings. The van der Waals surface area contributed by atoms with Crippen molar-refractivity contribution in [2.75, 3.05) is 14.2 Å². The Morgan fingerprint density at radius 1 is 0.759 bits per heavy atom. The van der Waals surface area contributed by atoms with Gasteiger partial charge in [0.15, 0.2) is 5.78 Å². The van der Waals surface area contributed by atoms with Gasteiger partial charge in [-0.1, -0.05) is 60.7 Å². The van der Waals surface area contributed by atoms with E-state index in [9.17, 15) is 9.59 Å². The van der Waals surface area contributed by atoms with Crippen LogP contribution in [-0.4, -0.2) is 31.1 Å². The van der Waals surface area contributed by atoms with E-state index in [0.717, 1.165) is 11.6 Å². The van der Waals surface area contributed by atoms with Crippen LogP contribution in [0.4, 0.5) is 0 Å². The van der Waals surface area contributed by atoms with Crippen molar-refractivity contribution in [2.24, 2.45) is 0 Å². The molecule has 0 saturated heterocycles. The first-order chi connectivity index (χ1) is 14.1. The van der Waals surface area contributed by atoms with Crippen molar-refractivity contribution in [3.8, 4) is 11.5 Å². The zero-order valence-electron chi connectivity index (χ0n) is 16.2. The molecule has 0 aromatic heterocycles. The van der Waals surface area contributed by atoms with Crippen LogP contribution in [0, 0.1) is 0 Å². The van der Waals surface area contributed by atoms with Gasteiger partial charge in [-0.2, -0.15) is 0 Å². The smallest absolute Gasteiger partial charge is 0.328 e. The number of carbonyl (C=O) groups excluding carboxylic acids is 1. The SMILES string of the molecule is COc1ccccc1C(=O)c1ccccc1.COc1ccccc1C=CC(=O)O. The summed E-state index contributed by atoms with van der Waals surface area (Å²) in [5.74, 6) is 0.292. The lowest BCUT2D eigenvalue weighted by molar-refractivity contribution is -0.131. The number of carboxylic acids is 1. The zero-order valence-corrected chi connectivity index (χ0v) is 16.2. The lowest BCUT2D eigenvalue weighted by Gasteiger charge is -2.06. The minimum atomic E-state index is -0.967. The maximum Gasteiger partial charge on any atom is 0.328 e. The molecule has 3 rings (SSSR count). The van der Waals surface area contributed by atoms with E-state index in [1.54, 1.807) is 50.6 Å². The van der Waals surface area contributed by atoms with Gasteiger partial charge in [-0.15, -0.1) is 0 Å². The molecule has 0 aliphatic rings. The third-order valence-electron chi connectivity index (χ3n) is 3.93. The first kappa shape index (κ1) is 21.4. The van der Waals surface area contributed by atoms with E-state index in [1.165, 1.54) is 6.08 Å². The minimum absolute atomic E-state index is 0.0157. The number of hydrogen-bond donors (Lipinski definition) is 1. The van der Waals surface area contributed by atoms with Gasteiger partial charge in [-0.3, -0.25) is 4.79 Å². The summed E-state index contributed by atoms with van der Waals surface area (Å²) < 4.78 is 10.2. The number of ketones is 1. The van der Waals surface area contributed by atoms with Gasteiger partial charge < -0.3 is 14.6 Å². The van der Waals surface area contributed by atoms with Gasteiger partial charge in [0.05, 0.1) is 19.8 Å². The molecule has 0 aliphatic carbocycles. The highest BCUT2D eigenvalue weighted by atomic mass is 16.5. The molecule has 5 nitrogen and oxygen atoms in total. The monoisotopic (exact) mass is 390 g/mol. The van der Waals surface area contributed by atoms with Crippen LogP contribution in [0.5, 0.6) is 11.5 Å². The Bertz CT molecular complexity index is 977. The normalized spacial score (nSPS) is 10.0. The second-order valence-corrected chi connectivity index (χ2v) is 5.81. The summed E-state index contributed by atoms with van der Waals surface area (Å²) in [6.45, 7) is 0. The molecule has 1 N–H and O–H groups in total. The maximum atomic E-state index is 12.1. The summed E-state index contributed by atoms with van der Waals surface area (Å²) in [5, 5.41) is 8.41. The highest BCUT2D eigenvalue weighted by Crippen LogP contribution is 2.21. The van der Waals surface area contributed by atoms with Gasteiger partial charge in [-0.25, -0.2) is 4.79 Å². The van der Waals surface area contributed by atoms with E-state index >= 15 is 0 Å². The second-order valence-electron chi connectivity index (χ2n) is 5.81. The molecule has 0 atom stereocenters. The third-order valence-corrected chi connectivity index (χ3v) is 3.93. The van der Waals surface area contributed by atoms with E-state index in [1.807, 2.05) is 42.5 Å². The fraction of sp³-hybridized carbons (Fsp3) is 0.0833. The van der Waals surface area contributed by atoms with Crippen molar-refractivity contribution in [1.29, 1.82) is 0 Å².